The van der Waals surface area contributed by atoms with Gasteiger partial charge in [-0.25, -0.2) is 0 Å². The molecule has 0 rings (SSSR count). The van der Waals surface area contributed by atoms with Gasteiger partial charge in [0.15, 0.2) is 0 Å². The fourth-order valence-corrected chi connectivity index (χ4v) is 0. The van der Waals surface area contributed by atoms with Crippen LogP contribution < -0.4 is 30.6 Å². The summed E-state index contributed by atoms with van der Waals surface area (Å²) in [5, 5.41) is 50.0. The smallest absolute Gasteiger partial charge is 0.652 e. The Bertz CT molecular complexity index is 116. The van der Waals surface area contributed by atoms with Crippen LogP contribution >= 0.6 is 19.8 Å². The number of rotatable bonds is 0. The Morgan fingerprint density at radius 1 is 0.500 bits per heavy atom. The van der Waals surface area contributed by atoms with Crippen LogP contribution in [0.15, 0.2) is 0 Å². The molecule has 0 aromatic heterocycles. The van der Waals surface area contributed by atoms with Crippen LogP contribution in [0.4, 0.5) is 14.4 Å². The van der Waals surface area contributed by atoms with E-state index >= 15 is 0 Å². The molecule has 76 valence electrons. The molecule has 0 N–H and O–H groups in total. The van der Waals surface area contributed by atoms with Crippen LogP contribution in [0.1, 0.15) is 0 Å². The van der Waals surface area contributed by atoms with Crippen LogP contribution in [-0.2, 0) is 0 Å². The van der Waals surface area contributed by atoms with E-state index in [1.807, 2.05) is 0 Å². The summed E-state index contributed by atoms with van der Waals surface area (Å²) in [6, 6.07) is 0. The Hall–Kier alpha value is -1.33. The zero-order valence-corrected chi connectivity index (χ0v) is 7.86. The number of carbonyl (C=O) groups is 3. The monoisotopic (exact) mass is 242 g/mol. The minimum absolute atomic E-state index is 0. The van der Waals surface area contributed by atoms with Gasteiger partial charge in [-0.2, -0.15) is 0 Å². The molecule has 9 nitrogen and oxygen atoms in total. The molecule has 14 heavy (non-hydrogen) atoms. The standard InChI is InChI=1S/3CH2O3.2P/c3*2-1(3)4;;/h3*(H2,2,3,4);;/q;;;2*+3/p-6. The maximum absolute atomic E-state index is 8.33. The Morgan fingerprint density at radius 2 is 0.500 bits per heavy atom. The molecule has 0 aromatic carbocycles. The van der Waals surface area contributed by atoms with E-state index in [4.69, 9.17) is 45.0 Å². The van der Waals surface area contributed by atoms with E-state index in [9.17, 15) is 0 Å². The van der Waals surface area contributed by atoms with E-state index in [0.29, 0.717) is 0 Å². The summed E-state index contributed by atoms with van der Waals surface area (Å²) in [6.45, 7) is 0. The molecule has 0 unspecified atom stereocenters. The fraction of sp³-hybridized carbons (Fsp3) is 0. The molecule has 0 aromatic rings. The van der Waals surface area contributed by atoms with Crippen molar-refractivity contribution in [2.45, 2.75) is 0 Å². The second kappa shape index (κ2) is 22.6. The van der Waals surface area contributed by atoms with Gasteiger partial charge in [-0.05, 0) is 18.5 Å². The Morgan fingerprint density at radius 3 is 0.500 bits per heavy atom. The van der Waals surface area contributed by atoms with Gasteiger partial charge in [0.2, 0.25) is 0 Å². The first-order valence-electron chi connectivity index (χ1n) is 1.84. The second-order valence-corrected chi connectivity index (χ2v) is 0.750. The molecule has 0 heterocycles. The van der Waals surface area contributed by atoms with Crippen LogP contribution in [0.2, 0.25) is 0 Å². The van der Waals surface area contributed by atoms with Crippen LogP contribution in [-0.4, -0.2) is 18.5 Å². The van der Waals surface area contributed by atoms with Gasteiger partial charge in [0.05, 0.1) is 0 Å². The quantitative estimate of drug-likeness (QED) is 0.372. The molecule has 0 aliphatic heterocycles. The number of carboxylic acid groups (broad SMARTS) is 6. The molecule has 0 bridgehead atoms. The molecule has 0 saturated heterocycles. The third kappa shape index (κ3) is 564. The Labute approximate surface area is 84.2 Å². The third-order valence-corrected chi connectivity index (χ3v) is 0. The number of hydrogen-bond donors (Lipinski definition) is 0. The van der Waals surface area contributed by atoms with Crippen molar-refractivity contribution >= 4 is 38.3 Å². The summed E-state index contributed by atoms with van der Waals surface area (Å²) >= 11 is 0. The van der Waals surface area contributed by atoms with Crippen molar-refractivity contribution < 1.29 is 45.0 Å². The molecule has 0 amide bonds. The molecular weight excluding hydrogens is 242 g/mol. The van der Waals surface area contributed by atoms with Crippen molar-refractivity contribution in [3.63, 3.8) is 0 Å². The molecule has 0 aliphatic carbocycles. The Kier molecular flexibility index (Phi) is 47.3. The topological polar surface area (TPSA) is 190 Å². The first-order chi connectivity index (χ1) is 5.20. The van der Waals surface area contributed by atoms with Gasteiger partial charge in [0.25, 0.3) is 0 Å². The largest absolute Gasteiger partial charge is 3.00 e. The van der Waals surface area contributed by atoms with Crippen molar-refractivity contribution in [2.24, 2.45) is 0 Å². The first kappa shape index (κ1) is 29.3. The van der Waals surface area contributed by atoms with E-state index in [1.54, 1.807) is 0 Å². The second-order valence-electron chi connectivity index (χ2n) is 0.750. The predicted octanol–water partition coefficient (Wildman–Crippen LogP) is -5.62. The van der Waals surface area contributed by atoms with Crippen LogP contribution in [0.3, 0.4) is 0 Å². The van der Waals surface area contributed by atoms with Gasteiger partial charge in [-0.15, -0.1) is 0 Å². The molecule has 0 atom stereocenters. The third-order valence-electron chi connectivity index (χ3n) is 0. The molecule has 11 heteroatoms. The average Bonchev–Trinajstić information content (AvgIpc) is 1.54. The number of hydrogen-bond acceptors (Lipinski definition) is 9. The molecule has 0 fully saturated rings. The summed E-state index contributed by atoms with van der Waals surface area (Å²) in [4.78, 5) is 25.0. The molecule has 4 radical (unpaired) electrons. The zero-order valence-electron chi connectivity index (χ0n) is 6.07. The predicted molar refractivity (Wildman–Crippen MR) is 30.0 cm³/mol. The van der Waals surface area contributed by atoms with E-state index < -0.39 is 18.5 Å². The average molecular weight is 242 g/mol. The molecule has 0 saturated carbocycles. The van der Waals surface area contributed by atoms with E-state index in [1.165, 1.54) is 0 Å². The minimum atomic E-state index is -2.33. The van der Waals surface area contributed by atoms with Crippen LogP contribution in [0.25, 0.3) is 0 Å². The van der Waals surface area contributed by atoms with E-state index in [0.717, 1.165) is 0 Å². The normalized spacial score (nSPS) is 5.14. The number of carbonyl (C=O) groups excluding carboxylic acids is 3. The van der Waals surface area contributed by atoms with Crippen molar-refractivity contribution in [1.82, 2.24) is 0 Å². The molecular formula is C3O9P2. The molecule has 0 spiro atoms. The van der Waals surface area contributed by atoms with Gasteiger partial charge < -0.3 is 45.0 Å². The van der Waals surface area contributed by atoms with Crippen molar-refractivity contribution in [1.29, 1.82) is 0 Å². The molecule has 0 aliphatic rings. The maximum Gasteiger partial charge on any atom is 3.00 e. The maximum atomic E-state index is 8.33. The van der Waals surface area contributed by atoms with Crippen LogP contribution in [0.5, 0.6) is 0 Å². The van der Waals surface area contributed by atoms with E-state index in [-0.39, 0.29) is 19.8 Å². The van der Waals surface area contributed by atoms with Gasteiger partial charge in [-0.1, -0.05) is 0 Å². The van der Waals surface area contributed by atoms with Crippen molar-refractivity contribution in [3.05, 3.63) is 0 Å². The van der Waals surface area contributed by atoms with Crippen molar-refractivity contribution in [2.75, 3.05) is 0 Å². The summed E-state index contributed by atoms with van der Waals surface area (Å²) in [5.74, 6) is 0. The zero-order chi connectivity index (χ0) is 10.7. The summed E-state index contributed by atoms with van der Waals surface area (Å²) in [5.41, 5.74) is 0. The fourth-order valence-electron chi connectivity index (χ4n) is 0. The SMILES string of the molecule is O=C([O-])[O-].O=C([O-])[O-].O=C([O-])[O-].[P+3].[P+3]. The first-order valence-corrected chi connectivity index (χ1v) is 1.84. The van der Waals surface area contributed by atoms with Gasteiger partial charge in [0.1, 0.15) is 0 Å². The van der Waals surface area contributed by atoms with Crippen molar-refractivity contribution in [3.8, 4) is 0 Å². The summed E-state index contributed by atoms with van der Waals surface area (Å²) in [7, 11) is 0. The van der Waals surface area contributed by atoms with Gasteiger partial charge in [0, 0.05) is 0 Å². The summed E-state index contributed by atoms with van der Waals surface area (Å²) in [6.07, 6.45) is -7.00. The van der Waals surface area contributed by atoms with Gasteiger partial charge in [-0.3, -0.25) is 0 Å². The van der Waals surface area contributed by atoms with Crippen LogP contribution in [0, 0.1) is 0 Å². The Balaban J connectivity index is -0.0000000270. The minimum Gasteiger partial charge on any atom is -0.652 e. The van der Waals surface area contributed by atoms with Gasteiger partial charge >= 0.3 is 19.8 Å². The summed E-state index contributed by atoms with van der Waals surface area (Å²) < 4.78 is 0. The van der Waals surface area contributed by atoms with E-state index in [2.05, 4.69) is 0 Å².